The number of furan rings is 1. The molecule has 0 spiro atoms. The zero-order chi connectivity index (χ0) is 13.4. The summed E-state index contributed by atoms with van der Waals surface area (Å²) >= 11 is 0. The molecule has 0 saturated carbocycles. The summed E-state index contributed by atoms with van der Waals surface area (Å²) in [5.74, 6) is 1.13. The van der Waals surface area contributed by atoms with E-state index < -0.39 is 0 Å². The Kier molecular flexibility index (Phi) is 2.69. The molecule has 1 aliphatic carbocycles. The van der Waals surface area contributed by atoms with E-state index in [1.54, 1.807) is 6.26 Å². The van der Waals surface area contributed by atoms with Crippen LogP contribution in [0.2, 0.25) is 0 Å². The summed E-state index contributed by atoms with van der Waals surface area (Å²) in [5, 5.41) is 4.84. The second-order valence-corrected chi connectivity index (χ2v) is 5.26. The number of hydrogen-bond acceptors (Lipinski definition) is 3. The van der Waals surface area contributed by atoms with Crippen molar-refractivity contribution in [1.82, 2.24) is 4.98 Å². The molecule has 0 radical (unpaired) electrons. The number of fused-ring (bicyclic) bond motifs is 2. The van der Waals surface area contributed by atoms with Crippen LogP contribution in [-0.2, 0) is 6.42 Å². The Bertz CT molecular complexity index is 742. The number of hydrogen-bond donors (Lipinski definition) is 1. The van der Waals surface area contributed by atoms with Gasteiger partial charge in [-0.05, 0) is 43.2 Å². The average Bonchev–Trinajstić information content (AvgIpc) is 2.97. The summed E-state index contributed by atoms with van der Waals surface area (Å²) in [6.45, 7) is 0. The van der Waals surface area contributed by atoms with E-state index in [0.717, 1.165) is 29.8 Å². The van der Waals surface area contributed by atoms with Gasteiger partial charge in [0.05, 0.1) is 17.8 Å². The minimum atomic E-state index is 0.336. The lowest BCUT2D eigenvalue weighted by atomic mass is 9.93. The van der Waals surface area contributed by atoms with Gasteiger partial charge in [-0.25, -0.2) is 0 Å². The molecular formula is C17H16N2O. The van der Waals surface area contributed by atoms with E-state index in [1.807, 2.05) is 18.3 Å². The van der Waals surface area contributed by atoms with Gasteiger partial charge in [0.25, 0.3) is 0 Å². The highest BCUT2D eigenvalue weighted by molar-refractivity contribution is 5.91. The van der Waals surface area contributed by atoms with Crippen molar-refractivity contribution in [3.63, 3.8) is 0 Å². The molecule has 1 aliphatic rings. The van der Waals surface area contributed by atoms with Crippen molar-refractivity contribution < 1.29 is 4.42 Å². The zero-order valence-corrected chi connectivity index (χ0v) is 11.2. The van der Waals surface area contributed by atoms with Crippen molar-refractivity contribution in [2.45, 2.75) is 25.3 Å². The van der Waals surface area contributed by atoms with Gasteiger partial charge in [-0.3, -0.25) is 4.98 Å². The van der Waals surface area contributed by atoms with Crippen molar-refractivity contribution >= 4 is 16.6 Å². The Hall–Kier alpha value is -2.29. The Balaban J connectivity index is 1.73. The molecule has 1 atom stereocenters. The number of rotatable bonds is 2. The molecule has 0 aliphatic heterocycles. The van der Waals surface area contributed by atoms with Crippen LogP contribution in [0.1, 0.15) is 30.2 Å². The molecule has 0 fully saturated rings. The summed E-state index contributed by atoms with van der Waals surface area (Å²) in [6.07, 6.45) is 7.00. The van der Waals surface area contributed by atoms with Gasteiger partial charge in [-0.1, -0.05) is 6.07 Å². The first-order valence-electron chi connectivity index (χ1n) is 7.08. The predicted molar refractivity (Wildman–Crippen MR) is 79.8 cm³/mol. The molecule has 2 aromatic heterocycles. The maximum Gasteiger partial charge on any atom is 0.109 e. The van der Waals surface area contributed by atoms with E-state index in [1.165, 1.54) is 17.4 Å². The number of aromatic nitrogens is 1. The molecule has 0 saturated heterocycles. The number of aryl methyl sites for hydroxylation is 1. The van der Waals surface area contributed by atoms with E-state index in [4.69, 9.17) is 4.42 Å². The van der Waals surface area contributed by atoms with Crippen LogP contribution in [0, 0.1) is 0 Å². The second-order valence-electron chi connectivity index (χ2n) is 5.26. The van der Waals surface area contributed by atoms with Crippen molar-refractivity contribution in [3.05, 3.63) is 60.2 Å². The molecule has 1 unspecified atom stereocenters. The lowest BCUT2D eigenvalue weighted by Crippen LogP contribution is -2.16. The summed E-state index contributed by atoms with van der Waals surface area (Å²) in [4.78, 5) is 4.41. The van der Waals surface area contributed by atoms with Gasteiger partial charge < -0.3 is 9.73 Å². The first kappa shape index (κ1) is 11.5. The fourth-order valence-electron chi connectivity index (χ4n) is 3.05. The minimum Gasteiger partial charge on any atom is -0.469 e. The third kappa shape index (κ3) is 1.86. The van der Waals surface area contributed by atoms with E-state index in [-0.39, 0.29) is 0 Å². The first-order chi connectivity index (χ1) is 9.92. The number of nitrogens with zero attached hydrogens (tertiary/aromatic N) is 1. The third-order valence-corrected chi connectivity index (χ3v) is 4.03. The van der Waals surface area contributed by atoms with Crippen molar-refractivity contribution in [1.29, 1.82) is 0 Å². The SMILES string of the molecule is c1cc(NC2CCCc3occc32)c2cccnc2c1. The summed E-state index contributed by atoms with van der Waals surface area (Å²) in [5.41, 5.74) is 3.48. The van der Waals surface area contributed by atoms with Gasteiger partial charge in [0.1, 0.15) is 5.76 Å². The summed E-state index contributed by atoms with van der Waals surface area (Å²) in [7, 11) is 0. The highest BCUT2D eigenvalue weighted by atomic mass is 16.3. The number of nitrogens with one attached hydrogen (secondary N) is 1. The average molecular weight is 264 g/mol. The highest BCUT2D eigenvalue weighted by Crippen LogP contribution is 2.34. The van der Waals surface area contributed by atoms with Crippen LogP contribution in [0.5, 0.6) is 0 Å². The van der Waals surface area contributed by atoms with Gasteiger partial charge in [0, 0.05) is 29.3 Å². The fourth-order valence-corrected chi connectivity index (χ4v) is 3.05. The maximum absolute atomic E-state index is 5.56. The molecule has 20 heavy (non-hydrogen) atoms. The standard InChI is InChI=1S/C17H16N2O/c1-5-14-12(4-3-10-18-14)15(6-1)19-16-7-2-8-17-13(16)9-11-20-17/h1,3-6,9-11,16,19H,2,7-8H2. The van der Waals surface area contributed by atoms with Crippen LogP contribution in [0.3, 0.4) is 0 Å². The summed E-state index contributed by atoms with van der Waals surface area (Å²) in [6, 6.07) is 12.7. The minimum absolute atomic E-state index is 0.336. The Morgan fingerprint density at radius 1 is 1.15 bits per heavy atom. The molecule has 3 nitrogen and oxygen atoms in total. The van der Waals surface area contributed by atoms with Gasteiger partial charge in [-0.15, -0.1) is 0 Å². The Labute approximate surface area is 117 Å². The van der Waals surface area contributed by atoms with Crippen LogP contribution in [0.4, 0.5) is 5.69 Å². The Morgan fingerprint density at radius 2 is 2.15 bits per heavy atom. The van der Waals surface area contributed by atoms with Gasteiger partial charge in [0.15, 0.2) is 0 Å². The highest BCUT2D eigenvalue weighted by Gasteiger charge is 2.22. The first-order valence-corrected chi connectivity index (χ1v) is 7.08. The predicted octanol–water partition coefficient (Wildman–Crippen LogP) is 4.32. The van der Waals surface area contributed by atoms with Gasteiger partial charge in [-0.2, -0.15) is 0 Å². The number of anilines is 1. The smallest absolute Gasteiger partial charge is 0.109 e. The lowest BCUT2D eigenvalue weighted by Gasteiger charge is -2.24. The monoisotopic (exact) mass is 264 g/mol. The van der Waals surface area contributed by atoms with E-state index in [2.05, 4.69) is 34.6 Å². The molecule has 3 aromatic rings. The van der Waals surface area contributed by atoms with Crippen LogP contribution in [0.25, 0.3) is 10.9 Å². The van der Waals surface area contributed by atoms with Crippen LogP contribution >= 0.6 is 0 Å². The molecular weight excluding hydrogens is 248 g/mol. The largest absolute Gasteiger partial charge is 0.469 e. The quantitative estimate of drug-likeness (QED) is 0.749. The van der Waals surface area contributed by atoms with Crippen LogP contribution in [-0.4, -0.2) is 4.98 Å². The lowest BCUT2D eigenvalue weighted by molar-refractivity contribution is 0.461. The molecule has 0 amide bonds. The molecule has 0 bridgehead atoms. The molecule has 100 valence electrons. The molecule has 1 N–H and O–H groups in total. The van der Waals surface area contributed by atoms with Crippen LogP contribution < -0.4 is 5.32 Å². The van der Waals surface area contributed by atoms with E-state index in [9.17, 15) is 0 Å². The molecule has 4 rings (SSSR count). The molecule has 3 heteroatoms. The molecule has 2 heterocycles. The Morgan fingerprint density at radius 3 is 3.15 bits per heavy atom. The molecule has 1 aromatic carbocycles. The normalized spacial score (nSPS) is 17.9. The number of pyridine rings is 1. The van der Waals surface area contributed by atoms with Gasteiger partial charge >= 0.3 is 0 Å². The fraction of sp³-hybridized carbons (Fsp3) is 0.235. The zero-order valence-electron chi connectivity index (χ0n) is 11.2. The summed E-state index contributed by atoms with van der Waals surface area (Å²) < 4.78 is 5.56. The van der Waals surface area contributed by atoms with E-state index >= 15 is 0 Å². The van der Waals surface area contributed by atoms with Gasteiger partial charge in [0.2, 0.25) is 0 Å². The van der Waals surface area contributed by atoms with Crippen molar-refractivity contribution in [2.24, 2.45) is 0 Å². The topological polar surface area (TPSA) is 38.1 Å². The van der Waals surface area contributed by atoms with Crippen LogP contribution in [0.15, 0.2) is 53.3 Å². The van der Waals surface area contributed by atoms with Crippen molar-refractivity contribution in [3.8, 4) is 0 Å². The third-order valence-electron chi connectivity index (χ3n) is 4.03. The maximum atomic E-state index is 5.56. The second kappa shape index (κ2) is 4.67. The van der Waals surface area contributed by atoms with E-state index in [0.29, 0.717) is 6.04 Å². The van der Waals surface area contributed by atoms with Crippen molar-refractivity contribution in [2.75, 3.05) is 5.32 Å². The number of benzene rings is 1.